The molecular formula is C15H23BrN2O2S. The summed E-state index contributed by atoms with van der Waals surface area (Å²) >= 11 is 3.34. The number of halogens is 1. The quantitative estimate of drug-likeness (QED) is 0.771. The van der Waals surface area contributed by atoms with Gasteiger partial charge in [-0.2, -0.15) is 0 Å². The van der Waals surface area contributed by atoms with Crippen LogP contribution in [0.25, 0.3) is 0 Å². The van der Waals surface area contributed by atoms with E-state index in [0.29, 0.717) is 40.3 Å². The largest absolute Gasteiger partial charge is 0.310 e. The van der Waals surface area contributed by atoms with E-state index in [4.69, 9.17) is 0 Å². The van der Waals surface area contributed by atoms with E-state index in [-0.39, 0.29) is 0 Å². The predicted molar refractivity (Wildman–Crippen MR) is 88.6 cm³/mol. The Morgan fingerprint density at radius 2 is 2.05 bits per heavy atom. The summed E-state index contributed by atoms with van der Waals surface area (Å²) in [6.45, 7) is 7.47. The molecule has 0 amide bonds. The Morgan fingerprint density at radius 3 is 2.62 bits per heavy atom. The highest BCUT2D eigenvalue weighted by molar-refractivity contribution is 9.10. The van der Waals surface area contributed by atoms with E-state index in [1.54, 1.807) is 12.1 Å². The van der Waals surface area contributed by atoms with Crippen LogP contribution in [0.5, 0.6) is 0 Å². The SMILES string of the molecule is CC(C)NCc1ccc(Br)c(S(=O)(=O)NCC2CC2C)c1. The number of hydrogen-bond acceptors (Lipinski definition) is 3. The standard InChI is InChI=1S/C15H23BrN2O2S/c1-10(2)17-8-12-4-5-14(16)15(7-12)21(19,20)18-9-13-6-11(13)3/h4-5,7,10-11,13,17-18H,6,8-9H2,1-3H3. The van der Waals surface area contributed by atoms with Gasteiger partial charge in [-0.1, -0.05) is 26.8 Å². The molecule has 1 aliphatic rings. The van der Waals surface area contributed by atoms with Gasteiger partial charge in [-0.05, 0) is 51.9 Å². The summed E-state index contributed by atoms with van der Waals surface area (Å²) in [5, 5.41) is 3.30. The van der Waals surface area contributed by atoms with Crippen molar-refractivity contribution in [3.05, 3.63) is 28.2 Å². The molecule has 1 aromatic rings. The lowest BCUT2D eigenvalue weighted by Crippen LogP contribution is -2.27. The van der Waals surface area contributed by atoms with E-state index >= 15 is 0 Å². The van der Waals surface area contributed by atoms with E-state index < -0.39 is 10.0 Å². The molecule has 0 aliphatic heterocycles. The number of hydrogen-bond donors (Lipinski definition) is 2. The van der Waals surface area contributed by atoms with E-state index in [1.165, 1.54) is 0 Å². The molecule has 2 atom stereocenters. The second-order valence-corrected chi connectivity index (χ2v) is 8.72. The Hall–Kier alpha value is -0.430. The van der Waals surface area contributed by atoms with E-state index in [9.17, 15) is 8.42 Å². The third-order valence-corrected chi connectivity index (χ3v) is 6.23. The fraction of sp³-hybridized carbons (Fsp3) is 0.600. The highest BCUT2D eigenvalue weighted by Crippen LogP contribution is 2.37. The summed E-state index contributed by atoms with van der Waals surface area (Å²) in [6, 6.07) is 5.83. The van der Waals surface area contributed by atoms with Crippen LogP contribution in [0.3, 0.4) is 0 Å². The lowest BCUT2D eigenvalue weighted by atomic mass is 10.2. The molecule has 0 heterocycles. The lowest BCUT2D eigenvalue weighted by molar-refractivity contribution is 0.572. The molecule has 0 bridgehead atoms. The first kappa shape index (κ1) is 16.9. The smallest absolute Gasteiger partial charge is 0.241 e. The van der Waals surface area contributed by atoms with Crippen LogP contribution in [0, 0.1) is 11.8 Å². The van der Waals surface area contributed by atoms with Gasteiger partial charge in [0.05, 0.1) is 4.90 Å². The zero-order valence-corrected chi connectivity index (χ0v) is 15.1. The van der Waals surface area contributed by atoms with E-state index in [2.05, 4.69) is 46.7 Å². The van der Waals surface area contributed by atoms with Gasteiger partial charge in [0.15, 0.2) is 0 Å². The van der Waals surface area contributed by atoms with Crippen molar-refractivity contribution in [2.45, 2.75) is 44.7 Å². The van der Waals surface area contributed by atoms with Gasteiger partial charge >= 0.3 is 0 Å². The summed E-state index contributed by atoms with van der Waals surface area (Å²) in [4.78, 5) is 0.318. The summed E-state index contributed by atoms with van der Waals surface area (Å²) in [5.41, 5.74) is 0.965. The first-order valence-corrected chi connectivity index (χ1v) is 9.58. The molecule has 1 saturated carbocycles. The Balaban J connectivity index is 2.10. The van der Waals surface area contributed by atoms with Gasteiger partial charge in [-0.15, -0.1) is 0 Å². The summed E-state index contributed by atoms with van der Waals surface area (Å²) < 4.78 is 28.2. The summed E-state index contributed by atoms with van der Waals surface area (Å²) in [6.07, 6.45) is 1.11. The molecule has 2 unspecified atom stereocenters. The summed E-state index contributed by atoms with van der Waals surface area (Å²) in [5.74, 6) is 1.13. The highest BCUT2D eigenvalue weighted by atomic mass is 79.9. The van der Waals surface area contributed by atoms with Crippen molar-refractivity contribution in [2.24, 2.45) is 11.8 Å². The molecule has 1 aromatic carbocycles. The normalized spacial score (nSPS) is 21.8. The molecular weight excluding hydrogens is 352 g/mol. The minimum absolute atomic E-state index is 0.318. The molecule has 0 radical (unpaired) electrons. The van der Waals surface area contributed by atoms with E-state index in [1.807, 2.05) is 6.07 Å². The van der Waals surface area contributed by atoms with Gasteiger partial charge in [0.25, 0.3) is 0 Å². The molecule has 2 N–H and O–H groups in total. The van der Waals surface area contributed by atoms with Crippen LogP contribution in [-0.4, -0.2) is 21.0 Å². The second kappa shape index (κ2) is 6.77. The third kappa shape index (κ3) is 4.77. The molecule has 118 valence electrons. The minimum Gasteiger partial charge on any atom is -0.310 e. The average Bonchev–Trinajstić information content (AvgIpc) is 3.11. The van der Waals surface area contributed by atoms with Crippen molar-refractivity contribution in [2.75, 3.05) is 6.54 Å². The maximum absolute atomic E-state index is 12.4. The molecule has 1 fully saturated rings. The Morgan fingerprint density at radius 1 is 1.38 bits per heavy atom. The van der Waals surface area contributed by atoms with Crippen LogP contribution in [0.15, 0.2) is 27.6 Å². The monoisotopic (exact) mass is 374 g/mol. The van der Waals surface area contributed by atoms with Crippen molar-refractivity contribution in [3.8, 4) is 0 Å². The Bertz CT molecular complexity index is 602. The maximum atomic E-state index is 12.4. The Labute approximate surface area is 135 Å². The zero-order chi connectivity index (χ0) is 15.6. The van der Waals surface area contributed by atoms with Crippen LogP contribution >= 0.6 is 15.9 Å². The molecule has 2 rings (SSSR count). The van der Waals surface area contributed by atoms with E-state index in [0.717, 1.165) is 12.0 Å². The first-order chi connectivity index (χ1) is 9.79. The van der Waals surface area contributed by atoms with Crippen LogP contribution in [0.4, 0.5) is 0 Å². The fourth-order valence-electron chi connectivity index (χ4n) is 2.16. The van der Waals surface area contributed by atoms with Crippen LogP contribution in [0.2, 0.25) is 0 Å². The van der Waals surface area contributed by atoms with Crippen LogP contribution in [-0.2, 0) is 16.6 Å². The average molecular weight is 375 g/mol. The minimum atomic E-state index is -3.46. The van der Waals surface area contributed by atoms with Crippen LogP contribution < -0.4 is 10.0 Å². The van der Waals surface area contributed by atoms with Gasteiger partial charge in [0.1, 0.15) is 0 Å². The molecule has 0 saturated heterocycles. The first-order valence-electron chi connectivity index (χ1n) is 7.31. The molecule has 0 spiro atoms. The molecule has 1 aliphatic carbocycles. The molecule has 6 heteroatoms. The third-order valence-electron chi connectivity index (χ3n) is 3.81. The van der Waals surface area contributed by atoms with Gasteiger partial charge in [0, 0.05) is 23.6 Å². The van der Waals surface area contributed by atoms with Gasteiger partial charge in [-0.25, -0.2) is 13.1 Å². The highest BCUT2D eigenvalue weighted by Gasteiger charge is 2.33. The van der Waals surface area contributed by atoms with Crippen molar-refractivity contribution in [1.29, 1.82) is 0 Å². The number of benzene rings is 1. The predicted octanol–water partition coefficient (Wildman–Crippen LogP) is 2.88. The number of nitrogens with one attached hydrogen (secondary N) is 2. The number of sulfonamides is 1. The molecule has 4 nitrogen and oxygen atoms in total. The Kier molecular flexibility index (Phi) is 5.46. The fourth-order valence-corrected chi connectivity index (χ4v) is 4.27. The number of rotatable bonds is 7. The maximum Gasteiger partial charge on any atom is 0.241 e. The van der Waals surface area contributed by atoms with Gasteiger partial charge < -0.3 is 5.32 Å². The lowest BCUT2D eigenvalue weighted by Gasteiger charge is -2.12. The second-order valence-electron chi connectivity index (χ2n) is 6.13. The van der Waals surface area contributed by atoms with Crippen molar-refractivity contribution < 1.29 is 8.42 Å². The molecule has 21 heavy (non-hydrogen) atoms. The van der Waals surface area contributed by atoms with Gasteiger partial charge in [0.2, 0.25) is 10.0 Å². The molecule has 0 aromatic heterocycles. The van der Waals surface area contributed by atoms with Gasteiger partial charge in [-0.3, -0.25) is 0 Å². The topological polar surface area (TPSA) is 58.2 Å². The summed E-state index contributed by atoms with van der Waals surface area (Å²) in [7, 11) is -3.46. The van der Waals surface area contributed by atoms with Crippen molar-refractivity contribution in [3.63, 3.8) is 0 Å². The van der Waals surface area contributed by atoms with Crippen LogP contribution in [0.1, 0.15) is 32.8 Å². The van der Waals surface area contributed by atoms with Crippen molar-refractivity contribution >= 4 is 26.0 Å². The zero-order valence-electron chi connectivity index (χ0n) is 12.7. The van der Waals surface area contributed by atoms with Crippen molar-refractivity contribution in [1.82, 2.24) is 10.0 Å².